The van der Waals surface area contributed by atoms with Crippen LogP contribution in [0.1, 0.15) is 48.9 Å². The van der Waals surface area contributed by atoms with Gasteiger partial charge in [0.25, 0.3) is 0 Å². The van der Waals surface area contributed by atoms with Crippen molar-refractivity contribution < 1.29 is 4.74 Å². The average Bonchev–Trinajstić information content (AvgIpc) is 3.36. The van der Waals surface area contributed by atoms with Crippen LogP contribution in [0, 0.1) is 0 Å². The summed E-state index contributed by atoms with van der Waals surface area (Å²) in [5.41, 5.74) is 4.52. The van der Waals surface area contributed by atoms with Crippen molar-refractivity contribution in [2.45, 2.75) is 57.8 Å². The summed E-state index contributed by atoms with van der Waals surface area (Å²) in [6.07, 6.45) is 9.55. The smallest absolute Gasteiger partial charge is 0.157 e. The number of nitrogens with zero attached hydrogens (tertiary/aromatic N) is 4. The molecular weight excluding hydrogens is 336 g/mol. The predicted octanol–water partition coefficient (Wildman–Crippen LogP) is 4.14. The largest absolute Gasteiger partial charge is 0.370 e. The lowest BCUT2D eigenvalue weighted by Crippen LogP contribution is -2.36. The molecule has 3 heterocycles. The minimum atomic E-state index is 0.553. The fourth-order valence-corrected chi connectivity index (χ4v) is 4.60. The molecule has 5 heteroatoms. The molecule has 2 aromatic heterocycles. The van der Waals surface area contributed by atoms with Crippen LogP contribution in [-0.4, -0.2) is 27.2 Å². The molecule has 0 N–H and O–H groups in total. The Kier molecular flexibility index (Phi) is 4.54. The van der Waals surface area contributed by atoms with Gasteiger partial charge in [-0.2, -0.15) is 9.61 Å². The first kappa shape index (κ1) is 16.8. The van der Waals surface area contributed by atoms with Crippen LogP contribution >= 0.6 is 0 Å². The van der Waals surface area contributed by atoms with Crippen LogP contribution in [0.3, 0.4) is 0 Å². The molecule has 0 unspecified atom stereocenters. The van der Waals surface area contributed by atoms with Gasteiger partial charge in [-0.05, 0) is 24.8 Å². The first-order valence-corrected chi connectivity index (χ1v) is 10.1. The zero-order valence-electron chi connectivity index (χ0n) is 15.7. The molecule has 3 aromatic rings. The molecule has 1 aromatic carbocycles. The Morgan fingerprint density at radius 2 is 1.85 bits per heavy atom. The van der Waals surface area contributed by atoms with Gasteiger partial charge in [-0.1, -0.05) is 49.6 Å². The average molecular weight is 362 g/mol. The van der Waals surface area contributed by atoms with Crippen molar-refractivity contribution in [3.63, 3.8) is 0 Å². The zero-order valence-corrected chi connectivity index (χ0v) is 15.7. The lowest BCUT2D eigenvalue weighted by molar-refractivity contribution is 0.104. The monoisotopic (exact) mass is 362 g/mol. The number of fused-ring (bicyclic) bond motifs is 3. The number of hydrogen-bond acceptors (Lipinski definition) is 4. The van der Waals surface area contributed by atoms with E-state index in [1.165, 1.54) is 49.0 Å². The van der Waals surface area contributed by atoms with Gasteiger partial charge in [0.1, 0.15) is 5.82 Å². The zero-order chi connectivity index (χ0) is 18.1. The normalized spacial score (nSPS) is 17.6. The molecule has 1 saturated carbocycles. The van der Waals surface area contributed by atoms with Crippen LogP contribution in [0.15, 0.2) is 42.6 Å². The van der Waals surface area contributed by atoms with Crippen molar-refractivity contribution in [3.8, 4) is 0 Å². The molecular formula is C22H26N4O. The highest BCUT2D eigenvalue weighted by Gasteiger charge is 2.32. The van der Waals surface area contributed by atoms with Crippen molar-refractivity contribution >= 4 is 11.5 Å². The third-order valence-corrected chi connectivity index (χ3v) is 5.93. The van der Waals surface area contributed by atoms with Crippen LogP contribution < -0.4 is 4.90 Å². The van der Waals surface area contributed by atoms with E-state index in [4.69, 9.17) is 9.72 Å². The third-order valence-electron chi connectivity index (χ3n) is 5.93. The van der Waals surface area contributed by atoms with Crippen LogP contribution in [0.5, 0.6) is 0 Å². The fraction of sp³-hybridized carbons (Fsp3) is 0.455. The van der Waals surface area contributed by atoms with Gasteiger partial charge in [0, 0.05) is 24.2 Å². The number of rotatable bonds is 5. The summed E-state index contributed by atoms with van der Waals surface area (Å²) in [6, 6.07) is 13.0. The number of aromatic nitrogens is 3. The quantitative estimate of drug-likeness (QED) is 0.684. The number of hydrogen-bond donors (Lipinski definition) is 0. The summed E-state index contributed by atoms with van der Waals surface area (Å²) < 4.78 is 8.07. The summed E-state index contributed by atoms with van der Waals surface area (Å²) in [5, 5.41) is 4.58. The Labute approximate surface area is 160 Å². The van der Waals surface area contributed by atoms with Gasteiger partial charge in [-0.3, -0.25) is 0 Å². The topological polar surface area (TPSA) is 42.7 Å². The summed E-state index contributed by atoms with van der Waals surface area (Å²) in [4.78, 5) is 7.46. The highest BCUT2D eigenvalue weighted by atomic mass is 16.5. The second-order valence-corrected chi connectivity index (χ2v) is 7.68. The van der Waals surface area contributed by atoms with Crippen molar-refractivity contribution in [2.24, 2.45) is 0 Å². The Hall–Kier alpha value is -2.40. The molecule has 1 aliphatic carbocycles. The van der Waals surface area contributed by atoms with Gasteiger partial charge in [-0.15, -0.1) is 0 Å². The highest BCUT2D eigenvalue weighted by molar-refractivity contribution is 5.61. The Balaban J connectivity index is 1.42. The number of ether oxygens (including phenoxy) is 1. The van der Waals surface area contributed by atoms with E-state index in [1.807, 2.05) is 22.8 Å². The predicted molar refractivity (Wildman–Crippen MR) is 106 cm³/mol. The summed E-state index contributed by atoms with van der Waals surface area (Å²) in [7, 11) is 0. The van der Waals surface area contributed by atoms with Gasteiger partial charge in [0.05, 0.1) is 25.1 Å². The second kappa shape index (κ2) is 7.31. The minimum Gasteiger partial charge on any atom is -0.370 e. The van der Waals surface area contributed by atoms with Crippen LogP contribution in [0.25, 0.3) is 5.65 Å². The van der Waals surface area contributed by atoms with Crippen LogP contribution in [0.2, 0.25) is 0 Å². The lowest BCUT2D eigenvalue weighted by atomic mass is 9.94. The Morgan fingerprint density at radius 1 is 1.00 bits per heavy atom. The van der Waals surface area contributed by atoms with Gasteiger partial charge in [0.2, 0.25) is 0 Å². The van der Waals surface area contributed by atoms with Crippen LogP contribution in [-0.2, 0) is 24.4 Å². The maximum atomic E-state index is 6.03. The number of anilines is 1. The Morgan fingerprint density at radius 3 is 2.70 bits per heavy atom. The van der Waals surface area contributed by atoms with E-state index in [0.29, 0.717) is 19.3 Å². The summed E-state index contributed by atoms with van der Waals surface area (Å²) >= 11 is 0. The first-order chi connectivity index (χ1) is 13.4. The maximum Gasteiger partial charge on any atom is 0.157 e. The number of benzene rings is 1. The molecule has 27 heavy (non-hydrogen) atoms. The molecule has 0 bridgehead atoms. The highest BCUT2D eigenvalue weighted by Crippen LogP contribution is 2.36. The van der Waals surface area contributed by atoms with Crippen LogP contribution in [0.4, 0.5) is 5.82 Å². The maximum absolute atomic E-state index is 6.03. The fourth-order valence-electron chi connectivity index (χ4n) is 4.60. The van der Waals surface area contributed by atoms with Crippen molar-refractivity contribution in [1.82, 2.24) is 14.6 Å². The van der Waals surface area contributed by atoms with E-state index in [-0.39, 0.29) is 0 Å². The van der Waals surface area contributed by atoms with E-state index in [9.17, 15) is 0 Å². The minimum absolute atomic E-state index is 0.553. The standard InChI is InChI=1S/C22H26N4O/c1-3-7-17(8-4-1)15-27-16-20-19-12-14-25(18-9-5-2-6-10-18)22(19)26-21(24-20)11-13-23-26/h1,3-4,7-8,11,13,18H,2,5-6,9-10,12,14-16H2. The first-order valence-electron chi connectivity index (χ1n) is 10.1. The second-order valence-electron chi connectivity index (χ2n) is 7.68. The summed E-state index contributed by atoms with van der Waals surface area (Å²) in [6.45, 7) is 2.25. The van der Waals surface area contributed by atoms with Gasteiger partial charge in [0.15, 0.2) is 5.65 Å². The molecule has 0 radical (unpaired) electrons. The molecule has 0 saturated heterocycles. The molecule has 5 nitrogen and oxygen atoms in total. The van der Waals surface area contributed by atoms with Gasteiger partial charge >= 0.3 is 0 Å². The van der Waals surface area contributed by atoms with E-state index < -0.39 is 0 Å². The molecule has 140 valence electrons. The van der Waals surface area contributed by atoms with Crippen molar-refractivity contribution in [2.75, 3.05) is 11.4 Å². The van der Waals surface area contributed by atoms with E-state index in [1.54, 1.807) is 0 Å². The molecule has 1 aliphatic heterocycles. The Bertz CT molecular complexity index is 915. The van der Waals surface area contributed by atoms with Crippen molar-refractivity contribution in [1.29, 1.82) is 0 Å². The molecule has 0 spiro atoms. The van der Waals surface area contributed by atoms with E-state index in [2.05, 4.69) is 34.3 Å². The molecule has 5 rings (SSSR count). The summed E-state index contributed by atoms with van der Waals surface area (Å²) in [5.74, 6) is 1.26. The molecule has 0 atom stereocenters. The molecule has 0 amide bonds. The van der Waals surface area contributed by atoms with Crippen molar-refractivity contribution in [3.05, 3.63) is 59.4 Å². The van der Waals surface area contributed by atoms with E-state index >= 15 is 0 Å². The van der Waals surface area contributed by atoms with E-state index in [0.717, 1.165) is 24.3 Å². The SMILES string of the molecule is c1ccc(COCc2nc3ccnn3c3c2CCN3C2CCCCC2)cc1. The molecule has 1 fully saturated rings. The lowest BCUT2D eigenvalue weighted by Gasteiger charge is -2.33. The van der Waals surface area contributed by atoms with Gasteiger partial charge < -0.3 is 9.64 Å². The van der Waals surface area contributed by atoms with Gasteiger partial charge in [-0.25, -0.2) is 4.98 Å². The molecule has 2 aliphatic rings. The third kappa shape index (κ3) is 3.21.